The second-order valence-corrected chi connectivity index (χ2v) is 4.43. The largest absolute Gasteiger partial charge is 0.341 e. The van der Waals surface area contributed by atoms with Crippen LogP contribution in [-0.4, -0.2) is 24.4 Å². The van der Waals surface area contributed by atoms with Crippen LogP contribution >= 0.6 is 11.3 Å². The molecule has 1 rings (SSSR count). The summed E-state index contributed by atoms with van der Waals surface area (Å²) in [4.78, 5) is 14.6. The Kier molecular flexibility index (Phi) is 4.14. The number of carbonyl (C=O) groups is 1. The SMILES string of the molecule is CCCCN(C)C(=O)c1sccc1C. The normalized spacial score (nSPS) is 10.2. The number of aryl methyl sites for hydroxylation is 1. The smallest absolute Gasteiger partial charge is 0.263 e. The summed E-state index contributed by atoms with van der Waals surface area (Å²) in [7, 11) is 1.87. The second-order valence-electron chi connectivity index (χ2n) is 3.51. The van der Waals surface area contributed by atoms with Crippen molar-refractivity contribution in [3.63, 3.8) is 0 Å². The lowest BCUT2D eigenvalue weighted by Gasteiger charge is -2.15. The van der Waals surface area contributed by atoms with Gasteiger partial charge in [-0.25, -0.2) is 0 Å². The summed E-state index contributed by atoms with van der Waals surface area (Å²) < 4.78 is 0. The number of unbranched alkanes of at least 4 members (excludes halogenated alkanes) is 1. The summed E-state index contributed by atoms with van der Waals surface area (Å²) in [5.74, 6) is 0.158. The summed E-state index contributed by atoms with van der Waals surface area (Å²) in [6.45, 7) is 4.97. The molecule has 0 atom stereocenters. The van der Waals surface area contributed by atoms with E-state index in [1.54, 1.807) is 0 Å². The topological polar surface area (TPSA) is 20.3 Å². The first kappa shape index (κ1) is 11.2. The molecular weight excluding hydrogens is 194 g/mol. The van der Waals surface area contributed by atoms with Gasteiger partial charge in [0.05, 0.1) is 4.88 Å². The average molecular weight is 211 g/mol. The minimum atomic E-state index is 0.158. The van der Waals surface area contributed by atoms with Gasteiger partial charge in [-0.2, -0.15) is 0 Å². The van der Waals surface area contributed by atoms with E-state index in [1.807, 2.05) is 30.3 Å². The van der Waals surface area contributed by atoms with Crippen molar-refractivity contribution in [3.8, 4) is 0 Å². The van der Waals surface area contributed by atoms with Gasteiger partial charge in [0.15, 0.2) is 0 Å². The quantitative estimate of drug-likeness (QED) is 0.750. The summed E-state index contributed by atoms with van der Waals surface area (Å²) in [5, 5.41) is 1.97. The molecule has 14 heavy (non-hydrogen) atoms. The van der Waals surface area contributed by atoms with E-state index >= 15 is 0 Å². The van der Waals surface area contributed by atoms with Crippen LogP contribution in [-0.2, 0) is 0 Å². The molecule has 1 heterocycles. The van der Waals surface area contributed by atoms with Crippen LogP contribution in [0.5, 0.6) is 0 Å². The Bertz CT molecular complexity index is 306. The molecule has 1 aromatic rings. The fourth-order valence-corrected chi connectivity index (χ4v) is 2.18. The van der Waals surface area contributed by atoms with Crippen LogP contribution in [0.1, 0.15) is 35.0 Å². The van der Waals surface area contributed by atoms with Gasteiger partial charge in [0.2, 0.25) is 0 Å². The third-order valence-corrected chi connectivity index (χ3v) is 3.25. The number of hydrogen-bond acceptors (Lipinski definition) is 2. The lowest BCUT2D eigenvalue weighted by Crippen LogP contribution is -2.27. The number of thiophene rings is 1. The van der Waals surface area contributed by atoms with Crippen LogP contribution in [0.15, 0.2) is 11.4 Å². The summed E-state index contributed by atoms with van der Waals surface area (Å²) >= 11 is 1.53. The molecule has 0 radical (unpaired) electrons. The van der Waals surface area contributed by atoms with Crippen LogP contribution in [0.25, 0.3) is 0 Å². The highest BCUT2D eigenvalue weighted by Crippen LogP contribution is 2.17. The van der Waals surface area contributed by atoms with Crippen molar-refractivity contribution in [1.82, 2.24) is 4.90 Å². The Balaban J connectivity index is 2.61. The number of carbonyl (C=O) groups excluding carboxylic acids is 1. The van der Waals surface area contributed by atoms with E-state index in [2.05, 4.69) is 6.92 Å². The molecule has 2 nitrogen and oxygen atoms in total. The molecular formula is C11H17NOS. The van der Waals surface area contributed by atoms with E-state index in [-0.39, 0.29) is 5.91 Å². The third-order valence-electron chi connectivity index (χ3n) is 2.25. The van der Waals surface area contributed by atoms with Gasteiger partial charge in [0, 0.05) is 13.6 Å². The van der Waals surface area contributed by atoms with Crippen molar-refractivity contribution < 1.29 is 4.79 Å². The zero-order chi connectivity index (χ0) is 10.6. The van der Waals surface area contributed by atoms with Crippen LogP contribution in [0, 0.1) is 6.92 Å². The number of hydrogen-bond donors (Lipinski definition) is 0. The molecule has 78 valence electrons. The highest BCUT2D eigenvalue weighted by molar-refractivity contribution is 7.12. The zero-order valence-corrected chi connectivity index (χ0v) is 9.86. The van der Waals surface area contributed by atoms with Crippen molar-refractivity contribution in [2.24, 2.45) is 0 Å². The predicted molar refractivity (Wildman–Crippen MR) is 60.9 cm³/mol. The maximum absolute atomic E-state index is 11.9. The molecule has 0 bridgehead atoms. The van der Waals surface area contributed by atoms with Gasteiger partial charge in [0.25, 0.3) is 5.91 Å². The average Bonchev–Trinajstić information content (AvgIpc) is 2.59. The second kappa shape index (κ2) is 5.15. The Morgan fingerprint density at radius 3 is 2.79 bits per heavy atom. The van der Waals surface area contributed by atoms with Crippen LogP contribution in [0.3, 0.4) is 0 Å². The number of amides is 1. The fourth-order valence-electron chi connectivity index (χ4n) is 1.26. The van der Waals surface area contributed by atoms with Gasteiger partial charge >= 0.3 is 0 Å². The molecule has 1 amide bonds. The van der Waals surface area contributed by atoms with Gasteiger partial charge in [-0.05, 0) is 30.4 Å². The lowest BCUT2D eigenvalue weighted by molar-refractivity contribution is 0.0797. The Morgan fingerprint density at radius 2 is 2.29 bits per heavy atom. The molecule has 0 saturated carbocycles. The van der Waals surface area contributed by atoms with E-state index < -0.39 is 0 Å². The first-order valence-corrected chi connectivity index (χ1v) is 5.84. The maximum Gasteiger partial charge on any atom is 0.263 e. The summed E-state index contributed by atoms with van der Waals surface area (Å²) in [6, 6.07) is 1.99. The van der Waals surface area contributed by atoms with Crippen LogP contribution in [0.4, 0.5) is 0 Å². The Labute approximate surface area is 89.5 Å². The lowest BCUT2D eigenvalue weighted by atomic mass is 10.2. The van der Waals surface area contributed by atoms with Gasteiger partial charge in [-0.3, -0.25) is 4.79 Å². The van der Waals surface area contributed by atoms with Gasteiger partial charge in [-0.1, -0.05) is 13.3 Å². The minimum absolute atomic E-state index is 0.158. The maximum atomic E-state index is 11.9. The zero-order valence-electron chi connectivity index (χ0n) is 9.04. The fraction of sp³-hybridized carbons (Fsp3) is 0.545. The highest BCUT2D eigenvalue weighted by Gasteiger charge is 2.14. The molecule has 0 aliphatic rings. The van der Waals surface area contributed by atoms with E-state index in [9.17, 15) is 4.79 Å². The number of rotatable bonds is 4. The molecule has 0 saturated heterocycles. The van der Waals surface area contributed by atoms with Gasteiger partial charge < -0.3 is 4.90 Å². The Hall–Kier alpha value is -0.830. The first-order valence-electron chi connectivity index (χ1n) is 4.96. The minimum Gasteiger partial charge on any atom is -0.341 e. The van der Waals surface area contributed by atoms with Gasteiger partial charge in [0.1, 0.15) is 0 Å². The van der Waals surface area contributed by atoms with E-state index in [4.69, 9.17) is 0 Å². The molecule has 0 aromatic carbocycles. The molecule has 0 spiro atoms. The molecule has 0 N–H and O–H groups in total. The first-order chi connectivity index (χ1) is 6.66. The van der Waals surface area contributed by atoms with Gasteiger partial charge in [-0.15, -0.1) is 11.3 Å². The van der Waals surface area contributed by atoms with Crippen molar-refractivity contribution in [1.29, 1.82) is 0 Å². The summed E-state index contributed by atoms with van der Waals surface area (Å²) in [5.41, 5.74) is 1.09. The van der Waals surface area contributed by atoms with E-state index in [1.165, 1.54) is 11.3 Å². The summed E-state index contributed by atoms with van der Waals surface area (Å²) in [6.07, 6.45) is 2.20. The predicted octanol–water partition coefficient (Wildman–Crippen LogP) is 2.93. The van der Waals surface area contributed by atoms with Crippen LogP contribution in [0.2, 0.25) is 0 Å². The molecule has 3 heteroatoms. The van der Waals surface area contributed by atoms with Crippen molar-refractivity contribution in [2.45, 2.75) is 26.7 Å². The number of nitrogens with zero attached hydrogens (tertiary/aromatic N) is 1. The molecule has 0 unspecified atom stereocenters. The van der Waals surface area contributed by atoms with Crippen molar-refractivity contribution in [2.75, 3.05) is 13.6 Å². The molecule has 1 aromatic heterocycles. The van der Waals surface area contributed by atoms with Crippen LogP contribution < -0.4 is 0 Å². The van der Waals surface area contributed by atoms with E-state index in [0.29, 0.717) is 0 Å². The molecule has 0 aliphatic carbocycles. The highest BCUT2D eigenvalue weighted by atomic mass is 32.1. The third kappa shape index (κ3) is 2.58. The molecule has 0 fully saturated rings. The standard InChI is InChI=1S/C11H17NOS/c1-4-5-7-12(3)11(13)10-9(2)6-8-14-10/h6,8H,4-5,7H2,1-3H3. The van der Waals surface area contributed by atoms with Crippen molar-refractivity contribution in [3.05, 3.63) is 21.9 Å². The molecule has 0 aliphatic heterocycles. The Morgan fingerprint density at radius 1 is 1.57 bits per heavy atom. The van der Waals surface area contributed by atoms with Crippen molar-refractivity contribution >= 4 is 17.2 Å². The monoisotopic (exact) mass is 211 g/mol. The van der Waals surface area contributed by atoms with E-state index in [0.717, 1.165) is 29.8 Å².